The Morgan fingerprint density at radius 1 is 1.16 bits per heavy atom. The lowest BCUT2D eigenvalue weighted by Gasteiger charge is -2.16. The van der Waals surface area contributed by atoms with Crippen LogP contribution >= 0.6 is 0 Å². The first-order chi connectivity index (χ1) is 12.2. The molecule has 3 heterocycles. The zero-order valence-electron chi connectivity index (χ0n) is 14.0. The lowest BCUT2D eigenvalue weighted by atomic mass is 9.99. The van der Waals surface area contributed by atoms with Crippen LogP contribution in [0.25, 0.3) is 5.69 Å². The number of aromatic nitrogens is 4. The summed E-state index contributed by atoms with van der Waals surface area (Å²) in [7, 11) is 0. The average molecular weight is 333 g/mol. The summed E-state index contributed by atoms with van der Waals surface area (Å²) >= 11 is 0. The minimum absolute atomic E-state index is 0.159. The van der Waals surface area contributed by atoms with Crippen molar-refractivity contribution in [1.29, 1.82) is 0 Å². The zero-order valence-corrected chi connectivity index (χ0v) is 14.0. The van der Waals surface area contributed by atoms with Crippen molar-refractivity contribution < 1.29 is 4.79 Å². The molecule has 3 aromatic rings. The second-order valence-corrected chi connectivity index (χ2v) is 6.28. The number of likely N-dealkylation sites (tertiary alicyclic amines) is 1. The van der Waals surface area contributed by atoms with Crippen molar-refractivity contribution in [2.75, 3.05) is 6.54 Å². The van der Waals surface area contributed by atoms with Gasteiger partial charge in [0.1, 0.15) is 5.82 Å². The first-order valence-electron chi connectivity index (χ1n) is 8.36. The van der Waals surface area contributed by atoms with E-state index in [2.05, 4.69) is 27.2 Å². The van der Waals surface area contributed by atoms with Crippen molar-refractivity contribution in [2.45, 2.75) is 25.8 Å². The Bertz CT molecular complexity index is 875. The number of amides is 1. The van der Waals surface area contributed by atoms with Gasteiger partial charge in [-0.25, -0.2) is 9.67 Å². The summed E-state index contributed by atoms with van der Waals surface area (Å²) in [4.78, 5) is 23.0. The predicted molar refractivity (Wildman–Crippen MR) is 93.1 cm³/mol. The van der Waals surface area contributed by atoms with Crippen LogP contribution in [0, 0.1) is 6.92 Å². The predicted octanol–water partition coefficient (Wildman–Crippen LogP) is 2.49. The normalized spacial score (nSPS) is 17.2. The highest BCUT2D eigenvalue weighted by atomic mass is 16.2. The molecular formula is C19H19N5O. The molecule has 1 aliphatic heterocycles. The van der Waals surface area contributed by atoms with Gasteiger partial charge in [-0.3, -0.25) is 9.78 Å². The van der Waals surface area contributed by atoms with Crippen molar-refractivity contribution >= 4 is 5.91 Å². The first-order valence-corrected chi connectivity index (χ1v) is 8.36. The molecule has 0 radical (unpaired) electrons. The molecule has 6 heteroatoms. The Kier molecular flexibility index (Phi) is 4.01. The lowest BCUT2D eigenvalue weighted by molar-refractivity contribution is -0.128. The van der Waals surface area contributed by atoms with E-state index in [0.717, 1.165) is 11.5 Å². The van der Waals surface area contributed by atoms with Crippen LogP contribution in [0.5, 0.6) is 0 Å². The molecule has 1 amide bonds. The Labute approximate surface area is 146 Å². The molecule has 0 spiro atoms. The van der Waals surface area contributed by atoms with E-state index in [0.29, 0.717) is 25.3 Å². The van der Waals surface area contributed by atoms with Gasteiger partial charge >= 0.3 is 0 Å². The van der Waals surface area contributed by atoms with E-state index in [4.69, 9.17) is 0 Å². The molecule has 25 heavy (non-hydrogen) atoms. The fraction of sp³-hybridized carbons (Fsp3) is 0.263. The van der Waals surface area contributed by atoms with Crippen molar-refractivity contribution in [3.63, 3.8) is 0 Å². The highest BCUT2D eigenvalue weighted by molar-refractivity contribution is 5.79. The van der Waals surface area contributed by atoms with Crippen LogP contribution in [0.15, 0.2) is 54.9 Å². The highest BCUT2D eigenvalue weighted by Crippen LogP contribution is 2.29. The van der Waals surface area contributed by atoms with E-state index in [9.17, 15) is 4.79 Å². The summed E-state index contributed by atoms with van der Waals surface area (Å²) < 4.78 is 1.77. The average Bonchev–Trinajstić information content (AvgIpc) is 3.20. The Hall–Kier alpha value is -3.02. The van der Waals surface area contributed by atoms with Gasteiger partial charge in [-0.05, 0) is 24.6 Å². The summed E-state index contributed by atoms with van der Waals surface area (Å²) in [6.07, 6.45) is 4.02. The number of hydrogen-bond donors (Lipinski definition) is 0. The van der Waals surface area contributed by atoms with E-state index in [1.807, 2.05) is 42.2 Å². The van der Waals surface area contributed by atoms with E-state index in [1.165, 1.54) is 5.56 Å². The summed E-state index contributed by atoms with van der Waals surface area (Å²) in [5, 5.41) is 4.45. The largest absolute Gasteiger partial charge is 0.335 e. The summed E-state index contributed by atoms with van der Waals surface area (Å²) in [6.45, 7) is 3.02. The van der Waals surface area contributed by atoms with Crippen LogP contribution in [-0.2, 0) is 11.3 Å². The van der Waals surface area contributed by atoms with Crippen LogP contribution in [0.2, 0.25) is 0 Å². The van der Waals surface area contributed by atoms with Crippen molar-refractivity contribution in [3.8, 4) is 5.69 Å². The number of carbonyl (C=O) groups excluding carboxylic acids is 1. The third-order valence-electron chi connectivity index (χ3n) is 4.49. The van der Waals surface area contributed by atoms with E-state index in [1.54, 1.807) is 17.1 Å². The molecular weight excluding hydrogens is 314 g/mol. The van der Waals surface area contributed by atoms with Crippen LogP contribution in [0.1, 0.15) is 29.6 Å². The van der Waals surface area contributed by atoms with Gasteiger partial charge in [-0.15, -0.1) is 0 Å². The van der Waals surface area contributed by atoms with Gasteiger partial charge in [0.25, 0.3) is 0 Å². The number of pyridine rings is 1. The number of benzene rings is 1. The van der Waals surface area contributed by atoms with Gasteiger partial charge in [-0.2, -0.15) is 5.10 Å². The van der Waals surface area contributed by atoms with Crippen molar-refractivity contribution in [2.24, 2.45) is 0 Å². The maximum atomic E-state index is 12.5. The molecule has 0 saturated carbocycles. The number of hydrogen-bond acceptors (Lipinski definition) is 4. The molecule has 4 rings (SSSR count). The molecule has 2 aromatic heterocycles. The van der Waals surface area contributed by atoms with Gasteiger partial charge in [0.2, 0.25) is 5.91 Å². The van der Waals surface area contributed by atoms with Crippen molar-refractivity contribution in [1.82, 2.24) is 24.6 Å². The third kappa shape index (κ3) is 3.15. The monoisotopic (exact) mass is 333 g/mol. The molecule has 1 unspecified atom stereocenters. The van der Waals surface area contributed by atoms with Gasteiger partial charge in [0, 0.05) is 25.1 Å². The van der Waals surface area contributed by atoms with Crippen LogP contribution in [0.4, 0.5) is 0 Å². The molecule has 1 atom stereocenters. The highest BCUT2D eigenvalue weighted by Gasteiger charge is 2.31. The van der Waals surface area contributed by atoms with Crippen molar-refractivity contribution in [3.05, 3.63) is 72.1 Å². The standard InChI is InChI=1S/C19H19N5O/c1-14-21-18(24(22-14)17-8-5-9-20-11-17)13-23-12-16(10-19(23)25)15-6-3-2-4-7-15/h2-9,11,16H,10,12-13H2,1H3. The van der Waals surface area contributed by atoms with Gasteiger partial charge in [0.15, 0.2) is 5.82 Å². The molecule has 6 nitrogen and oxygen atoms in total. The molecule has 0 aliphatic carbocycles. The minimum Gasteiger partial charge on any atom is -0.335 e. The summed E-state index contributed by atoms with van der Waals surface area (Å²) in [5.41, 5.74) is 2.06. The number of rotatable bonds is 4. The van der Waals surface area contributed by atoms with Gasteiger partial charge < -0.3 is 4.90 Å². The minimum atomic E-state index is 0.159. The van der Waals surface area contributed by atoms with E-state index >= 15 is 0 Å². The molecule has 126 valence electrons. The van der Waals surface area contributed by atoms with Crippen LogP contribution in [0.3, 0.4) is 0 Å². The van der Waals surface area contributed by atoms with Crippen LogP contribution < -0.4 is 0 Å². The molecule has 1 aromatic carbocycles. The lowest BCUT2D eigenvalue weighted by Crippen LogP contribution is -2.26. The quantitative estimate of drug-likeness (QED) is 0.736. The maximum absolute atomic E-state index is 12.5. The molecule has 1 fully saturated rings. The van der Waals surface area contributed by atoms with Gasteiger partial charge in [-0.1, -0.05) is 30.3 Å². The van der Waals surface area contributed by atoms with E-state index in [-0.39, 0.29) is 11.8 Å². The fourth-order valence-corrected chi connectivity index (χ4v) is 3.29. The Morgan fingerprint density at radius 3 is 2.76 bits per heavy atom. The smallest absolute Gasteiger partial charge is 0.223 e. The topological polar surface area (TPSA) is 63.9 Å². The molecule has 0 bridgehead atoms. The maximum Gasteiger partial charge on any atom is 0.223 e. The molecule has 1 aliphatic rings. The van der Waals surface area contributed by atoms with Gasteiger partial charge in [0.05, 0.1) is 18.4 Å². The number of nitrogens with zero attached hydrogens (tertiary/aromatic N) is 5. The second-order valence-electron chi connectivity index (χ2n) is 6.28. The summed E-state index contributed by atoms with van der Waals surface area (Å²) in [6, 6.07) is 14.0. The zero-order chi connectivity index (χ0) is 17.2. The summed E-state index contributed by atoms with van der Waals surface area (Å²) in [5.74, 6) is 1.84. The Morgan fingerprint density at radius 2 is 2.00 bits per heavy atom. The molecule has 1 saturated heterocycles. The number of aryl methyl sites for hydroxylation is 1. The fourth-order valence-electron chi connectivity index (χ4n) is 3.29. The van der Waals surface area contributed by atoms with E-state index < -0.39 is 0 Å². The van der Waals surface area contributed by atoms with Crippen LogP contribution in [-0.4, -0.2) is 37.1 Å². The molecule has 0 N–H and O–H groups in total. The third-order valence-corrected chi connectivity index (χ3v) is 4.49. The second kappa shape index (κ2) is 6.47. The number of carbonyl (C=O) groups is 1. The Balaban J connectivity index is 1.56. The first kappa shape index (κ1) is 15.5. The SMILES string of the molecule is Cc1nc(CN2CC(c3ccccc3)CC2=O)n(-c2cccnc2)n1.